The van der Waals surface area contributed by atoms with Crippen molar-refractivity contribution in [2.24, 2.45) is 11.8 Å². The zero-order chi connectivity index (χ0) is 18.5. The molecule has 0 saturated carbocycles. The van der Waals surface area contributed by atoms with Crippen LogP contribution in [-0.4, -0.2) is 56.3 Å². The van der Waals surface area contributed by atoms with E-state index < -0.39 is 0 Å². The Bertz CT molecular complexity index is 1010. The first-order chi connectivity index (χ1) is 13.1. The minimum Gasteiger partial charge on any atom is -0.356 e. The van der Waals surface area contributed by atoms with Crippen LogP contribution in [0, 0.1) is 25.7 Å². The highest BCUT2D eigenvalue weighted by Gasteiger charge is 2.42. The number of aryl methyl sites for hydroxylation is 2. The molecule has 2 unspecified atom stereocenters. The topological polar surface area (TPSA) is 66.6 Å². The van der Waals surface area contributed by atoms with Gasteiger partial charge in [-0.2, -0.15) is 0 Å². The normalized spacial score (nSPS) is 21.9. The quantitative estimate of drug-likeness (QED) is 0.697. The highest BCUT2D eigenvalue weighted by molar-refractivity contribution is 5.95. The smallest absolute Gasteiger partial charge is 0.272 e. The van der Waals surface area contributed by atoms with E-state index in [1.807, 2.05) is 53.6 Å². The molecule has 5 heterocycles. The number of amides is 1. The molecule has 27 heavy (non-hydrogen) atoms. The van der Waals surface area contributed by atoms with Gasteiger partial charge >= 0.3 is 0 Å². The van der Waals surface area contributed by atoms with E-state index in [2.05, 4.69) is 19.9 Å². The molecule has 3 aromatic heterocycles. The molecule has 2 atom stereocenters. The number of likely N-dealkylation sites (tertiary alicyclic amines) is 1. The van der Waals surface area contributed by atoms with Gasteiger partial charge in [-0.05, 0) is 26.0 Å². The molecular formula is C20H22N6O. The van der Waals surface area contributed by atoms with Gasteiger partial charge in [-0.25, -0.2) is 15.0 Å². The van der Waals surface area contributed by atoms with Crippen LogP contribution in [0.2, 0.25) is 0 Å². The Labute approximate surface area is 157 Å². The van der Waals surface area contributed by atoms with Crippen LogP contribution < -0.4 is 4.90 Å². The third-order valence-electron chi connectivity index (χ3n) is 5.79. The number of carbonyl (C=O) groups is 1. The fourth-order valence-corrected chi connectivity index (χ4v) is 4.48. The molecule has 0 radical (unpaired) electrons. The third kappa shape index (κ3) is 2.65. The lowest BCUT2D eigenvalue weighted by Crippen LogP contribution is -2.34. The Kier molecular flexibility index (Phi) is 3.63. The van der Waals surface area contributed by atoms with E-state index >= 15 is 0 Å². The molecular weight excluding hydrogens is 340 g/mol. The number of aromatic nitrogens is 4. The molecule has 2 aliphatic heterocycles. The van der Waals surface area contributed by atoms with Crippen molar-refractivity contribution in [2.45, 2.75) is 13.8 Å². The summed E-state index contributed by atoms with van der Waals surface area (Å²) in [6.07, 6.45) is 3.54. The molecule has 2 aliphatic rings. The second-order valence-corrected chi connectivity index (χ2v) is 7.63. The molecule has 0 aromatic carbocycles. The number of rotatable bonds is 2. The predicted molar refractivity (Wildman–Crippen MR) is 102 cm³/mol. The zero-order valence-electron chi connectivity index (χ0n) is 15.5. The van der Waals surface area contributed by atoms with Crippen molar-refractivity contribution in [3.8, 4) is 0 Å². The van der Waals surface area contributed by atoms with Gasteiger partial charge in [0.25, 0.3) is 5.91 Å². The lowest BCUT2D eigenvalue weighted by molar-refractivity contribution is 0.0775. The summed E-state index contributed by atoms with van der Waals surface area (Å²) in [7, 11) is 0. The second kappa shape index (κ2) is 6.04. The minimum absolute atomic E-state index is 0.0880. The number of hydrogen-bond acceptors (Lipinski definition) is 5. The minimum atomic E-state index is 0.0880. The van der Waals surface area contributed by atoms with Gasteiger partial charge in [0.05, 0.1) is 5.69 Å². The van der Waals surface area contributed by atoms with Crippen LogP contribution in [0.3, 0.4) is 0 Å². The van der Waals surface area contributed by atoms with E-state index in [0.29, 0.717) is 17.5 Å². The largest absolute Gasteiger partial charge is 0.356 e. The Morgan fingerprint density at radius 3 is 2.59 bits per heavy atom. The van der Waals surface area contributed by atoms with Gasteiger partial charge in [-0.15, -0.1) is 0 Å². The molecule has 0 N–H and O–H groups in total. The van der Waals surface area contributed by atoms with Gasteiger partial charge < -0.3 is 9.80 Å². The summed E-state index contributed by atoms with van der Waals surface area (Å²) in [5.41, 5.74) is 3.29. The first-order valence-corrected chi connectivity index (χ1v) is 9.36. The van der Waals surface area contributed by atoms with Gasteiger partial charge in [-0.1, -0.05) is 6.07 Å². The number of anilines is 1. The molecule has 2 fully saturated rings. The number of carbonyl (C=O) groups excluding carboxylic acids is 1. The second-order valence-electron chi connectivity index (χ2n) is 7.63. The average molecular weight is 362 g/mol. The molecule has 2 saturated heterocycles. The number of imidazole rings is 1. The van der Waals surface area contributed by atoms with Crippen LogP contribution in [0.5, 0.6) is 0 Å². The Morgan fingerprint density at radius 2 is 1.85 bits per heavy atom. The van der Waals surface area contributed by atoms with Crippen LogP contribution in [0.25, 0.3) is 5.65 Å². The van der Waals surface area contributed by atoms with Crippen LogP contribution >= 0.6 is 0 Å². The summed E-state index contributed by atoms with van der Waals surface area (Å²) in [6, 6.07) is 7.85. The highest BCUT2D eigenvalue weighted by atomic mass is 16.2. The van der Waals surface area contributed by atoms with Crippen molar-refractivity contribution in [1.82, 2.24) is 24.3 Å². The Balaban J connectivity index is 1.34. The van der Waals surface area contributed by atoms with E-state index in [1.165, 1.54) is 0 Å². The maximum atomic E-state index is 13.2. The molecule has 1 amide bonds. The Hall–Kier alpha value is -2.96. The van der Waals surface area contributed by atoms with Crippen molar-refractivity contribution in [2.75, 3.05) is 31.1 Å². The summed E-state index contributed by atoms with van der Waals surface area (Å²) in [5, 5.41) is 0. The van der Waals surface area contributed by atoms with Crippen molar-refractivity contribution >= 4 is 17.4 Å². The lowest BCUT2D eigenvalue weighted by atomic mass is 10.0. The van der Waals surface area contributed by atoms with Gasteiger partial charge in [-0.3, -0.25) is 9.20 Å². The lowest BCUT2D eigenvalue weighted by Gasteiger charge is -2.22. The summed E-state index contributed by atoms with van der Waals surface area (Å²) in [6.45, 7) is 7.37. The van der Waals surface area contributed by atoms with Gasteiger partial charge in [0.2, 0.25) is 0 Å². The van der Waals surface area contributed by atoms with Crippen LogP contribution in [-0.2, 0) is 0 Å². The first-order valence-electron chi connectivity index (χ1n) is 9.36. The van der Waals surface area contributed by atoms with Crippen molar-refractivity contribution < 1.29 is 4.79 Å². The molecule has 3 aromatic rings. The van der Waals surface area contributed by atoms with E-state index in [0.717, 1.165) is 49.0 Å². The number of pyridine rings is 1. The SMILES string of the molecule is Cc1cc(N2CC3CN(C(=O)c4c(C)nc5ccccn45)CC3C2)ncn1. The standard InChI is InChI=1S/C20H22N6O/c1-13-7-18(22-12-21-13)24-8-15-10-25(11-16(15)9-24)20(27)19-14(2)23-17-5-3-4-6-26(17)19/h3-7,12,15-16H,8-11H2,1-2H3. The van der Waals surface area contributed by atoms with Crippen molar-refractivity contribution in [3.63, 3.8) is 0 Å². The van der Waals surface area contributed by atoms with Crippen LogP contribution in [0.1, 0.15) is 21.9 Å². The van der Waals surface area contributed by atoms with Crippen LogP contribution in [0.4, 0.5) is 5.82 Å². The van der Waals surface area contributed by atoms with Crippen molar-refractivity contribution in [1.29, 1.82) is 0 Å². The number of fused-ring (bicyclic) bond motifs is 2. The van der Waals surface area contributed by atoms with Crippen molar-refractivity contribution in [3.05, 3.63) is 53.9 Å². The summed E-state index contributed by atoms with van der Waals surface area (Å²) in [5.74, 6) is 2.06. The Morgan fingerprint density at radius 1 is 1.07 bits per heavy atom. The molecule has 5 rings (SSSR count). The van der Waals surface area contributed by atoms with E-state index in [9.17, 15) is 4.79 Å². The molecule has 0 bridgehead atoms. The summed E-state index contributed by atoms with van der Waals surface area (Å²) >= 11 is 0. The molecule has 0 aliphatic carbocycles. The predicted octanol–water partition coefficient (Wildman–Crippen LogP) is 1.95. The highest BCUT2D eigenvalue weighted by Crippen LogP contribution is 2.34. The fourth-order valence-electron chi connectivity index (χ4n) is 4.48. The maximum Gasteiger partial charge on any atom is 0.272 e. The van der Waals surface area contributed by atoms with E-state index in [-0.39, 0.29) is 5.91 Å². The summed E-state index contributed by atoms with van der Waals surface area (Å²) in [4.78, 5) is 30.7. The van der Waals surface area contributed by atoms with Crippen LogP contribution in [0.15, 0.2) is 36.8 Å². The monoisotopic (exact) mass is 362 g/mol. The summed E-state index contributed by atoms with van der Waals surface area (Å²) < 4.78 is 1.90. The molecule has 0 spiro atoms. The van der Waals surface area contributed by atoms with E-state index in [1.54, 1.807) is 6.33 Å². The van der Waals surface area contributed by atoms with E-state index in [4.69, 9.17) is 0 Å². The molecule has 7 nitrogen and oxygen atoms in total. The number of hydrogen-bond donors (Lipinski definition) is 0. The van der Waals surface area contributed by atoms with Gasteiger partial charge in [0.1, 0.15) is 23.5 Å². The average Bonchev–Trinajstić information content (AvgIpc) is 3.31. The van der Waals surface area contributed by atoms with Gasteiger partial charge in [0, 0.05) is 56.0 Å². The molecule has 7 heteroatoms. The first kappa shape index (κ1) is 16.2. The third-order valence-corrected chi connectivity index (χ3v) is 5.79. The molecule has 138 valence electrons. The number of nitrogens with zero attached hydrogens (tertiary/aromatic N) is 6. The maximum absolute atomic E-state index is 13.2. The fraction of sp³-hybridized carbons (Fsp3) is 0.400. The zero-order valence-corrected chi connectivity index (χ0v) is 15.5. The van der Waals surface area contributed by atoms with Gasteiger partial charge in [0.15, 0.2) is 0 Å².